The highest BCUT2D eigenvalue weighted by molar-refractivity contribution is 5.76. The predicted molar refractivity (Wildman–Crippen MR) is 124 cm³/mol. The molecule has 1 atom stereocenters. The standard InChI is InChI=1S/C26H34N2/c1-7-10-24(27-5)12-9-11-21-17-20(3)18-23(19-21)22-13-15-26(4,16-14-22)25(8-2)28-6/h7-10,12-15,17-19,27-28H,1,11,16H2,2-6H3/b12-9-,24-10+,25-8-. The van der Waals surface area contributed by atoms with Crippen LogP contribution in [0.2, 0.25) is 0 Å². The monoisotopic (exact) mass is 374 g/mol. The van der Waals surface area contributed by atoms with Crippen LogP contribution in [0.4, 0.5) is 0 Å². The minimum absolute atomic E-state index is 0.0451. The zero-order valence-electron chi connectivity index (χ0n) is 18.0. The molecule has 0 fully saturated rings. The molecule has 2 nitrogen and oxygen atoms in total. The maximum Gasteiger partial charge on any atom is 0.0334 e. The molecule has 0 aliphatic heterocycles. The van der Waals surface area contributed by atoms with Crippen molar-refractivity contribution in [3.05, 3.63) is 101 Å². The fraction of sp³-hybridized carbons (Fsp3) is 0.308. The van der Waals surface area contributed by atoms with Gasteiger partial charge in [-0.25, -0.2) is 0 Å². The van der Waals surface area contributed by atoms with Crippen molar-refractivity contribution in [1.82, 2.24) is 10.6 Å². The lowest BCUT2D eigenvalue weighted by molar-refractivity contribution is 0.487. The van der Waals surface area contributed by atoms with Crippen molar-refractivity contribution in [3.63, 3.8) is 0 Å². The summed E-state index contributed by atoms with van der Waals surface area (Å²) < 4.78 is 0. The van der Waals surface area contributed by atoms with Crippen molar-refractivity contribution in [1.29, 1.82) is 0 Å². The molecule has 1 aliphatic rings. The number of nitrogens with one attached hydrogen (secondary N) is 2. The molecule has 0 aromatic heterocycles. The second kappa shape index (κ2) is 9.98. The van der Waals surface area contributed by atoms with Crippen LogP contribution < -0.4 is 10.6 Å². The van der Waals surface area contributed by atoms with Gasteiger partial charge in [-0.05, 0) is 55.5 Å². The van der Waals surface area contributed by atoms with Gasteiger partial charge in [0.05, 0.1) is 0 Å². The van der Waals surface area contributed by atoms with E-state index < -0.39 is 0 Å². The third-order valence-corrected chi connectivity index (χ3v) is 5.26. The van der Waals surface area contributed by atoms with Crippen molar-refractivity contribution >= 4 is 5.57 Å². The molecule has 0 saturated carbocycles. The zero-order valence-corrected chi connectivity index (χ0v) is 18.0. The molecule has 2 heteroatoms. The molecule has 1 aliphatic carbocycles. The molecule has 0 bridgehead atoms. The molecule has 1 aromatic rings. The molecule has 1 unspecified atom stereocenters. The summed E-state index contributed by atoms with van der Waals surface area (Å²) in [7, 11) is 3.92. The number of allylic oxidation sites excluding steroid dienone is 9. The number of likely N-dealkylation sites (N-methyl/N-ethyl adjacent to an activating group) is 1. The molecular formula is C26H34N2. The smallest absolute Gasteiger partial charge is 0.0334 e. The topological polar surface area (TPSA) is 24.1 Å². The van der Waals surface area contributed by atoms with Gasteiger partial charge in [-0.2, -0.15) is 0 Å². The number of aryl methyl sites for hydroxylation is 1. The van der Waals surface area contributed by atoms with Gasteiger partial charge < -0.3 is 10.6 Å². The average Bonchev–Trinajstić information content (AvgIpc) is 2.68. The van der Waals surface area contributed by atoms with Gasteiger partial charge in [-0.1, -0.05) is 73.7 Å². The van der Waals surface area contributed by atoms with Gasteiger partial charge in [0.15, 0.2) is 0 Å². The van der Waals surface area contributed by atoms with Crippen molar-refractivity contribution in [2.24, 2.45) is 5.41 Å². The number of rotatable bonds is 8. The molecule has 0 spiro atoms. The van der Waals surface area contributed by atoms with Crippen LogP contribution in [-0.2, 0) is 6.42 Å². The van der Waals surface area contributed by atoms with E-state index in [1.807, 2.05) is 20.2 Å². The lowest BCUT2D eigenvalue weighted by Gasteiger charge is -2.31. The zero-order chi connectivity index (χ0) is 20.6. The minimum Gasteiger partial charge on any atom is -0.391 e. The lowest BCUT2D eigenvalue weighted by Crippen LogP contribution is -2.26. The predicted octanol–water partition coefficient (Wildman–Crippen LogP) is 5.86. The summed E-state index contributed by atoms with van der Waals surface area (Å²) in [5.74, 6) is 0. The minimum atomic E-state index is 0.0451. The Morgan fingerprint density at radius 2 is 2.00 bits per heavy atom. The number of hydrogen-bond donors (Lipinski definition) is 2. The van der Waals surface area contributed by atoms with E-state index in [0.29, 0.717) is 0 Å². The van der Waals surface area contributed by atoms with E-state index in [-0.39, 0.29) is 5.41 Å². The Labute approximate surface area is 171 Å². The lowest BCUT2D eigenvalue weighted by atomic mass is 9.77. The van der Waals surface area contributed by atoms with E-state index >= 15 is 0 Å². The molecule has 148 valence electrons. The largest absolute Gasteiger partial charge is 0.391 e. The van der Waals surface area contributed by atoms with Crippen molar-refractivity contribution in [2.45, 2.75) is 33.6 Å². The van der Waals surface area contributed by atoms with Crippen molar-refractivity contribution in [3.8, 4) is 0 Å². The first kappa shape index (κ1) is 21.6. The number of hydrogen-bond acceptors (Lipinski definition) is 2. The molecule has 1 aromatic carbocycles. The van der Waals surface area contributed by atoms with Gasteiger partial charge in [-0.3, -0.25) is 0 Å². The van der Waals surface area contributed by atoms with Crippen LogP contribution in [0.3, 0.4) is 0 Å². The molecule has 0 heterocycles. The van der Waals surface area contributed by atoms with Crippen LogP contribution in [0.15, 0.2) is 84.8 Å². The van der Waals surface area contributed by atoms with Crippen LogP contribution in [0, 0.1) is 12.3 Å². The second-order valence-electron chi connectivity index (χ2n) is 7.49. The van der Waals surface area contributed by atoms with Crippen LogP contribution in [-0.4, -0.2) is 14.1 Å². The van der Waals surface area contributed by atoms with Crippen LogP contribution in [0.1, 0.15) is 37.0 Å². The quantitative estimate of drug-likeness (QED) is 0.557. The van der Waals surface area contributed by atoms with Gasteiger partial charge in [0.25, 0.3) is 0 Å². The SMILES string of the molecule is C=C/C=C(\C=C/Cc1cc(C)cc(C2=CCC(C)(/C(=C/C)NC)C=C2)c1)NC. The molecule has 0 radical (unpaired) electrons. The van der Waals surface area contributed by atoms with Gasteiger partial charge in [0, 0.05) is 30.9 Å². The van der Waals surface area contributed by atoms with Gasteiger partial charge in [-0.15, -0.1) is 0 Å². The molecule has 2 rings (SSSR count). The Hall–Kier alpha value is -2.74. The van der Waals surface area contributed by atoms with Gasteiger partial charge in [0.1, 0.15) is 0 Å². The molecule has 0 saturated heterocycles. The van der Waals surface area contributed by atoms with Gasteiger partial charge in [0.2, 0.25) is 0 Å². The summed E-state index contributed by atoms with van der Waals surface area (Å²) >= 11 is 0. The highest BCUT2D eigenvalue weighted by Crippen LogP contribution is 2.37. The van der Waals surface area contributed by atoms with E-state index in [1.165, 1.54) is 28.0 Å². The first-order valence-corrected chi connectivity index (χ1v) is 9.97. The van der Waals surface area contributed by atoms with Crippen molar-refractivity contribution in [2.75, 3.05) is 14.1 Å². The number of benzene rings is 1. The van der Waals surface area contributed by atoms with E-state index in [0.717, 1.165) is 18.5 Å². The first-order valence-electron chi connectivity index (χ1n) is 9.97. The Kier molecular flexibility index (Phi) is 7.69. The van der Waals surface area contributed by atoms with E-state index in [2.05, 4.69) is 92.6 Å². The third kappa shape index (κ3) is 5.39. The van der Waals surface area contributed by atoms with E-state index in [1.54, 1.807) is 6.08 Å². The average molecular weight is 375 g/mol. The summed E-state index contributed by atoms with van der Waals surface area (Å²) in [6.45, 7) is 10.3. The maximum atomic E-state index is 3.75. The summed E-state index contributed by atoms with van der Waals surface area (Å²) in [6.07, 6.45) is 19.1. The van der Waals surface area contributed by atoms with Crippen molar-refractivity contribution < 1.29 is 0 Å². The molecule has 28 heavy (non-hydrogen) atoms. The van der Waals surface area contributed by atoms with E-state index in [4.69, 9.17) is 0 Å². The Bertz CT molecular complexity index is 849. The molecule has 0 amide bonds. The maximum absolute atomic E-state index is 3.75. The highest BCUT2D eigenvalue weighted by Gasteiger charge is 2.26. The normalized spacial score (nSPS) is 20.2. The molecular weight excluding hydrogens is 340 g/mol. The van der Waals surface area contributed by atoms with Crippen LogP contribution >= 0.6 is 0 Å². The second-order valence-corrected chi connectivity index (χ2v) is 7.49. The summed E-state index contributed by atoms with van der Waals surface area (Å²) in [5, 5.41) is 6.50. The Morgan fingerprint density at radius 3 is 2.57 bits per heavy atom. The highest BCUT2D eigenvalue weighted by atomic mass is 14.9. The fourth-order valence-corrected chi connectivity index (χ4v) is 3.72. The Morgan fingerprint density at radius 1 is 1.21 bits per heavy atom. The fourth-order valence-electron chi connectivity index (χ4n) is 3.72. The third-order valence-electron chi connectivity index (χ3n) is 5.26. The summed E-state index contributed by atoms with van der Waals surface area (Å²) in [5.41, 5.74) is 7.59. The Balaban J connectivity index is 2.19. The van der Waals surface area contributed by atoms with Gasteiger partial charge >= 0.3 is 0 Å². The summed E-state index contributed by atoms with van der Waals surface area (Å²) in [4.78, 5) is 0. The van der Waals surface area contributed by atoms with E-state index in [9.17, 15) is 0 Å². The van der Waals surface area contributed by atoms with Crippen LogP contribution in [0.25, 0.3) is 5.57 Å². The van der Waals surface area contributed by atoms with Crippen LogP contribution in [0.5, 0.6) is 0 Å². The summed E-state index contributed by atoms with van der Waals surface area (Å²) in [6, 6.07) is 6.85. The first-order chi connectivity index (χ1) is 13.5. The molecule has 2 N–H and O–H groups in total.